The van der Waals surface area contributed by atoms with Crippen LogP contribution in [0.5, 0.6) is 0 Å². The van der Waals surface area contributed by atoms with E-state index in [0.29, 0.717) is 11.3 Å². The van der Waals surface area contributed by atoms with Crippen LogP contribution in [0.2, 0.25) is 0 Å². The summed E-state index contributed by atoms with van der Waals surface area (Å²) < 4.78 is 6.99. The van der Waals surface area contributed by atoms with Gasteiger partial charge < -0.3 is 9.84 Å². The molecule has 1 atom stereocenters. The quantitative estimate of drug-likeness (QED) is 0.862. The van der Waals surface area contributed by atoms with Crippen LogP contribution in [0.25, 0.3) is 11.3 Å². The van der Waals surface area contributed by atoms with Gasteiger partial charge in [0.1, 0.15) is 5.69 Å². The Kier molecular flexibility index (Phi) is 4.51. The molecular formula is C13H14BrN3O3. The summed E-state index contributed by atoms with van der Waals surface area (Å²) in [6.07, 6.45) is 1.75. The van der Waals surface area contributed by atoms with Crippen molar-refractivity contribution < 1.29 is 14.6 Å². The monoisotopic (exact) mass is 339 g/mol. The molecule has 0 fully saturated rings. The molecule has 1 aromatic carbocycles. The maximum atomic E-state index is 11.4. The second-order valence-electron chi connectivity index (χ2n) is 4.30. The van der Waals surface area contributed by atoms with Crippen molar-refractivity contribution in [3.05, 3.63) is 34.4 Å². The van der Waals surface area contributed by atoms with Gasteiger partial charge in [0.25, 0.3) is 0 Å². The minimum absolute atomic E-state index is 0.00868. The molecule has 0 radical (unpaired) electrons. The molecule has 1 N–H and O–H groups in total. The molecular weight excluding hydrogens is 326 g/mol. The summed E-state index contributed by atoms with van der Waals surface area (Å²) in [5, 5.41) is 17.1. The number of carbonyl (C=O) groups excluding carboxylic acids is 1. The molecule has 20 heavy (non-hydrogen) atoms. The van der Waals surface area contributed by atoms with E-state index in [-0.39, 0.29) is 12.6 Å². The fraction of sp³-hybridized carbons (Fsp3) is 0.308. The van der Waals surface area contributed by atoms with Crippen LogP contribution in [-0.4, -0.2) is 39.8 Å². The zero-order valence-corrected chi connectivity index (χ0v) is 12.7. The van der Waals surface area contributed by atoms with Crippen LogP contribution < -0.4 is 0 Å². The average molecular weight is 340 g/mol. The maximum absolute atomic E-state index is 11.4. The number of ether oxygens (including phenoxy) is 1. The molecule has 0 aliphatic heterocycles. The van der Waals surface area contributed by atoms with E-state index < -0.39 is 5.97 Å². The highest BCUT2D eigenvalue weighted by atomic mass is 79.9. The van der Waals surface area contributed by atoms with Gasteiger partial charge in [0.15, 0.2) is 0 Å². The Hall–Kier alpha value is -1.73. The Morgan fingerprint density at radius 2 is 2.30 bits per heavy atom. The minimum Gasteiger partial charge on any atom is -0.465 e. The van der Waals surface area contributed by atoms with Gasteiger partial charge in [0.2, 0.25) is 0 Å². The highest BCUT2D eigenvalue weighted by Crippen LogP contribution is 2.28. The van der Waals surface area contributed by atoms with Gasteiger partial charge in [-0.3, -0.25) is 0 Å². The number of rotatable bonds is 4. The molecule has 1 aromatic heterocycles. The number of halogens is 1. The van der Waals surface area contributed by atoms with Gasteiger partial charge in [-0.25, -0.2) is 9.48 Å². The number of nitrogens with zero attached hydrogens (tertiary/aromatic N) is 3. The molecule has 0 bridgehead atoms. The van der Waals surface area contributed by atoms with Crippen LogP contribution in [0.3, 0.4) is 0 Å². The number of carbonyl (C=O) groups is 1. The number of hydrogen-bond donors (Lipinski definition) is 1. The molecule has 106 valence electrons. The fourth-order valence-electron chi connectivity index (χ4n) is 1.67. The molecule has 0 unspecified atom stereocenters. The molecule has 0 saturated carbocycles. The molecule has 0 amide bonds. The minimum atomic E-state index is -0.394. The second-order valence-corrected chi connectivity index (χ2v) is 5.16. The first kappa shape index (κ1) is 14.7. The van der Waals surface area contributed by atoms with E-state index in [0.717, 1.165) is 10.0 Å². The van der Waals surface area contributed by atoms with E-state index in [4.69, 9.17) is 5.11 Å². The number of esters is 1. The predicted molar refractivity (Wildman–Crippen MR) is 76.3 cm³/mol. The topological polar surface area (TPSA) is 77.2 Å². The predicted octanol–water partition coefficient (Wildman–Crippen LogP) is 2.05. The third kappa shape index (κ3) is 2.88. The van der Waals surface area contributed by atoms with Gasteiger partial charge in [-0.2, -0.15) is 0 Å². The summed E-state index contributed by atoms with van der Waals surface area (Å²) in [6.45, 7) is 1.83. The summed E-state index contributed by atoms with van der Waals surface area (Å²) in [5.74, 6) is -0.394. The molecule has 7 heteroatoms. The summed E-state index contributed by atoms with van der Waals surface area (Å²) >= 11 is 3.41. The van der Waals surface area contributed by atoms with Crippen molar-refractivity contribution in [2.75, 3.05) is 13.7 Å². The second kappa shape index (κ2) is 6.15. The molecule has 1 heterocycles. The first-order valence-electron chi connectivity index (χ1n) is 5.97. The molecule has 0 aliphatic carbocycles. The highest BCUT2D eigenvalue weighted by Gasteiger charge is 2.13. The van der Waals surface area contributed by atoms with Crippen LogP contribution in [0.1, 0.15) is 23.3 Å². The van der Waals surface area contributed by atoms with E-state index in [1.807, 2.05) is 6.92 Å². The Morgan fingerprint density at radius 3 is 2.90 bits per heavy atom. The number of aromatic nitrogens is 3. The lowest BCUT2D eigenvalue weighted by Gasteiger charge is -2.06. The van der Waals surface area contributed by atoms with E-state index in [9.17, 15) is 4.79 Å². The molecule has 0 aliphatic rings. The first-order chi connectivity index (χ1) is 9.56. The first-order valence-corrected chi connectivity index (χ1v) is 6.77. The smallest absolute Gasteiger partial charge is 0.337 e. The van der Waals surface area contributed by atoms with Crippen molar-refractivity contribution in [1.82, 2.24) is 15.0 Å². The standard InChI is InChI=1S/C13H14BrN3O3/c1-8(7-18)17-6-12(15-16-17)10-4-3-9(5-11(10)14)13(19)20-2/h3-6,8,18H,7H2,1-2H3/t8-/m0/s1. The summed E-state index contributed by atoms with van der Waals surface area (Å²) in [5.41, 5.74) is 1.93. The van der Waals surface area contributed by atoms with Crippen LogP contribution >= 0.6 is 15.9 Å². The number of aliphatic hydroxyl groups excluding tert-OH is 1. The van der Waals surface area contributed by atoms with Crippen LogP contribution in [0.15, 0.2) is 28.9 Å². The molecule has 2 rings (SSSR count). The van der Waals surface area contributed by atoms with E-state index >= 15 is 0 Å². The third-order valence-corrected chi connectivity index (χ3v) is 3.55. The Labute approximate surface area is 124 Å². The number of methoxy groups -OCH3 is 1. The van der Waals surface area contributed by atoms with Crippen molar-refractivity contribution in [2.45, 2.75) is 13.0 Å². The van der Waals surface area contributed by atoms with Crippen LogP contribution in [0.4, 0.5) is 0 Å². The zero-order valence-electron chi connectivity index (χ0n) is 11.1. The number of aliphatic hydroxyl groups is 1. The largest absolute Gasteiger partial charge is 0.465 e. The Bertz CT molecular complexity index is 627. The van der Waals surface area contributed by atoms with Gasteiger partial charge in [-0.1, -0.05) is 27.2 Å². The average Bonchev–Trinajstić information content (AvgIpc) is 2.94. The van der Waals surface area contributed by atoms with Crippen molar-refractivity contribution in [1.29, 1.82) is 0 Å². The van der Waals surface area contributed by atoms with Gasteiger partial charge in [-0.15, -0.1) is 5.10 Å². The van der Waals surface area contributed by atoms with Gasteiger partial charge in [0, 0.05) is 10.0 Å². The third-order valence-electron chi connectivity index (χ3n) is 2.89. The van der Waals surface area contributed by atoms with Crippen LogP contribution in [0, 0.1) is 0 Å². The van der Waals surface area contributed by atoms with Crippen LogP contribution in [-0.2, 0) is 4.74 Å². The lowest BCUT2D eigenvalue weighted by molar-refractivity contribution is 0.0600. The van der Waals surface area contributed by atoms with Gasteiger partial charge in [-0.05, 0) is 19.1 Å². The number of benzene rings is 1. The van der Waals surface area contributed by atoms with Crippen molar-refractivity contribution >= 4 is 21.9 Å². The van der Waals surface area contributed by atoms with Crippen molar-refractivity contribution in [3.63, 3.8) is 0 Å². The lowest BCUT2D eigenvalue weighted by atomic mass is 10.1. The molecule has 0 saturated heterocycles. The number of hydrogen-bond acceptors (Lipinski definition) is 5. The summed E-state index contributed by atoms with van der Waals surface area (Å²) in [7, 11) is 1.34. The zero-order chi connectivity index (χ0) is 14.7. The van der Waals surface area contributed by atoms with Gasteiger partial charge >= 0.3 is 5.97 Å². The van der Waals surface area contributed by atoms with E-state index in [1.165, 1.54) is 7.11 Å². The molecule has 6 nitrogen and oxygen atoms in total. The van der Waals surface area contributed by atoms with E-state index in [2.05, 4.69) is 31.0 Å². The highest BCUT2D eigenvalue weighted by molar-refractivity contribution is 9.10. The lowest BCUT2D eigenvalue weighted by Crippen LogP contribution is -2.09. The fourth-order valence-corrected chi connectivity index (χ4v) is 2.25. The van der Waals surface area contributed by atoms with E-state index in [1.54, 1.807) is 29.1 Å². The molecule has 2 aromatic rings. The van der Waals surface area contributed by atoms with Gasteiger partial charge in [0.05, 0.1) is 31.5 Å². The molecule has 0 spiro atoms. The SMILES string of the molecule is COC(=O)c1ccc(-c2cn([C@@H](C)CO)nn2)c(Br)c1. The van der Waals surface area contributed by atoms with Crippen molar-refractivity contribution in [2.24, 2.45) is 0 Å². The Balaban J connectivity index is 2.34. The van der Waals surface area contributed by atoms with Crippen molar-refractivity contribution in [3.8, 4) is 11.3 Å². The normalized spacial score (nSPS) is 12.2. The Morgan fingerprint density at radius 1 is 1.55 bits per heavy atom. The summed E-state index contributed by atoms with van der Waals surface area (Å²) in [6, 6.07) is 4.98. The summed E-state index contributed by atoms with van der Waals surface area (Å²) in [4.78, 5) is 11.4. The maximum Gasteiger partial charge on any atom is 0.337 e.